The van der Waals surface area contributed by atoms with Crippen LogP contribution in [0.5, 0.6) is 0 Å². The van der Waals surface area contributed by atoms with Gasteiger partial charge in [0.05, 0.1) is 4.90 Å². The number of benzene rings is 1. The van der Waals surface area contributed by atoms with E-state index in [1.165, 1.54) is 0 Å². The fourth-order valence-corrected chi connectivity index (χ4v) is 2.88. The molecule has 0 aliphatic carbocycles. The van der Waals surface area contributed by atoms with Crippen molar-refractivity contribution in [1.29, 1.82) is 0 Å². The molecule has 2 N–H and O–H groups in total. The Morgan fingerprint density at radius 1 is 1.22 bits per heavy atom. The van der Waals surface area contributed by atoms with Gasteiger partial charge in [0.25, 0.3) is 0 Å². The molecule has 0 fully saturated rings. The summed E-state index contributed by atoms with van der Waals surface area (Å²) in [6.45, 7) is 4.46. The first-order valence-electron chi connectivity index (χ1n) is 6.03. The molecule has 102 valence electrons. The Labute approximate surface area is 109 Å². The first-order valence-corrected chi connectivity index (χ1v) is 7.51. The van der Waals surface area contributed by atoms with Crippen molar-refractivity contribution in [2.75, 3.05) is 13.2 Å². The van der Waals surface area contributed by atoms with Crippen molar-refractivity contribution < 1.29 is 13.5 Å². The second-order valence-corrected chi connectivity index (χ2v) is 6.90. The van der Waals surface area contributed by atoms with Crippen LogP contribution in [0.4, 0.5) is 0 Å². The molecule has 4 nitrogen and oxygen atoms in total. The molecule has 18 heavy (non-hydrogen) atoms. The summed E-state index contributed by atoms with van der Waals surface area (Å²) in [5.74, 6) is 0. The van der Waals surface area contributed by atoms with E-state index in [1.54, 1.807) is 30.3 Å². The van der Waals surface area contributed by atoms with Gasteiger partial charge in [0, 0.05) is 13.2 Å². The summed E-state index contributed by atoms with van der Waals surface area (Å²) in [4.78, 5) is 0.281. The number of hydrogen-bond acceptors (Lipinski definition) is 3. The van der Waals surface area contributed by atoms with E-state index in [1.807, 2.05) is 13.8 Å². The van der Waals surface area contributed by atoms with Gasteiger partial charge in [-0.1, -0.05) is 32.0 Å². The Hall–Kier alpha value is -0.910. The summed E-state index contributed by atoms with van der Waals surface area (Å²) in [5, 5.41) is 8.80. The molecule has 0 aliphatic heterocycles. The lowest BCUT2D eigenvalue weighted by Gasteiger charge is -2.24. The minimum Gasteiger partial charge on any atom is -0.396 e. The quantitative estimate of drug-likeness (QED) is 0.794. The Kier molecular flexibility index (Phi) is 5.31. The highest BCUT2D eigenvalue weighted by Crippen LogP contribution is 2.21. The molecular formula is C13H21NO3S. The average molecular weight is 271 g/mol. The summed E-state index contributed by atoms with van der Waals surface area (Å²) in [7, 11) is -3.43. The highest BCUT2D eigenvalue weighted by Gasteiger charge is 2.21. The van der Waals surface area contributed by atoms with Gasteiger partial charge in [-0.25, -0.2) is 13.1 Å². The lowest BCUT2D eigenvalue weighted by Crippen LogP contribution is -2.34. The molecule has 0 radical (unpaired) electrons. The molecule has 1 aromatic rings. The Bertz CT molecular complexity index is 454. The number of sulfonamides is 1. The maximum atomic E-state index is 12.0. The Morgan fingerprint density at radius 2 is 1.83 bits per heavy atom. The number of aliphatic hydroxyl groups excluding tert-OH is 1. The van der Waals surface area contributed by atoms with Crippen molar-refractivity contribution in [3.63, 3.8) is 0 Å². The maximum absolute atomic E-state index is 12.0. The van der Waals surface area contributed by atoms with Crippen LogP contribution in [0.1, 0.15) is 26.7 Å². The third-order valence-electron chi connectivity index (χ3n) is 2.81. The zero-order valence-corrected chi connectivity index (χ0v) is 11.7. The van der Waals surface area contributed by atoms with Crippen LogP contribution < -0.4 is 4.72 Å². The van der Waals surface area contributed by atoms with E-state index >= 15 is 0 Å². The third-order valence-corrected chi connectivity index (χ3v) is 4.22. The molecule has 5 heteroatoms. The van der Waals surface area contributed by atoms with Gasteiger partial charge in [-0.3, -0.25) is 0 Å². The molecule has 0 aliphatic rings. The largest absolute Gasteiger partial charge is 0.396 e. The van der Waals surface area contributed by atoms with Crippen LogP contribution in [0, 0.1) is 5.41 Å². The van der Waals surface area contributed by atoms with Crippen LogP contribution in [-0.4, -0.2) is 26.7 Å². The molecule has 0 amide bonds. The lowest BCUT2D eigenvalue weighted by atomic mass is 9.88. The molecule has 1 rings (SSSR count). The van der Waals surface area contributed by atoms with Crippen molar-refractivity contribution >= 4 is 10.0 Å². The SMILES string of the molecule is CC(C)(CCCO)CNS(=O)(=O)c1ccccc1. The van der Waals surface area contributed by atoms with E-state index in [-0.39, 0.29) is 16.9 Å². The zero-order chi connectivity index (χ0) is 13.6. The summed E-state index contributed by atoms with van der Waals surface area (Å²) in [5.41, 5.74) is -0.162. The van der Waals surface area contributed by atoms with Gasteiger partial charge in [0.15, 0.2) is 0 Å². The molecule has 0 spiro atoms. The molecule has 0 heterocycles. The summed E-state index contributed by atoms with van der Waals surface area (Å²) in [6.07, 6.45) is 1.46. The van der Waals surface area contributed by atoms with Crippen LogP contribution in [0.2, 0.25) is 0 Å². The highest BCUT2D eigenvalue weighted by molar-refractivity contribution is 7.89. The Morgan fingerprint density at radius 3 is 2.39 bits per heavy atom. The molecule has 0 atom stereocenters. The third kappa shape index (κ3) is 4.76. The minimum absolute atomic E-state index is 0.134. The van der Waals surface area contributed by atoms with Crippen LogP contribution in [0.3, 0.4) is 0 Å². The highest BCUT2D eigenvalue weighted by atomic mass is 32.2. The molecule has 0 unspecified atom stereocenters. The van der Waals surface area contributed by atoms with Gasteiger partial charge in [-0.2, -0.15) is 0 Å². The monoisotopic (exact) mass is 271 g/mol. The van der Waals surface area contributed by atoms with Crippen molar-refractivity contribution in [3.05, 3.63) is 30.3 Å². The summed E-state index contributed by atoms with van der Waals surface area (Å²) >= 11 is 0. The van der Waals surface area contributed by atoms with Crippen molar-refractivity contribution in [3.8, 4) is 0 Å². The number of rotatable bonds is 7. The van der Waals surface area contributed by atoms with Crippen LogP contribution in [-0.2, 0) is 10.0 Å². The van der Waals surface area contributed by atoms with Crippen LogP contribution in [0.25, 0.3) is 0 Å². The fourth-order valence-electron chi connectivity index (χ4n) is 1.62. The van der Waals surface area contributed by atoms with E-state index in [0.29, 0.717) is 13.0 Å². The smallest absolute Gasteiger partial charge is 0.240 e. The van der Waals surface area contributed by atoms with Gasteiger partial charge < -0.3 is 5.11 Å². The molecule has 0 saturated heterocycles. The van der Waals surface area contributed by atoms with Gasteiger partial charge in [-0.05, 0) is 30.4 Å². The molecule has 0 saturated carbocycles. The van der Waals surface area contributed by atoms with Crippen molar-refractivity contribution in [2.24, 2.45) is 5.41 Å². The minimum atomic E-state index is -3.43. The molecular weight excluding hydrogens is 250 g/mol. The fraction of sp³-hybridized carbons (Fsp3) is 0.538. The summed E-state index contributed by atoms with van der Waals surface area (Å²) in [6, 6.07) is 8.33. The molecule has 0 aromatic heterocycles. The van der Waals surface area contributed by atoms with E-state index < -0.39 is 10.0 Å². The van der Waals surface area contributed by atoms with Gasteiger partial charge in [-0.15, -0.1) is 0 Å². The number of aliphatic hydroxyl groups is 1. The number of hydrogen-bond donors (Lipinski definition) is 2. The molecule has 0 bridgehead atoms. The van der Waals surface area contributed by atoms with E-state index in [4.69, 9.17) is 5.11 Å². The topological polar surface area (TPSA) is 66.4 Å². The van der Waals surface area contributed by atoms with Crippen LogP contribution in [0.15, 0.2) is 35.2 Å². The van der Waals surface area contributed by atoms with E-state index in [0.717, 1.165) is 6.42 Å². The summed E-state index contributed by atoms with van der Waals surface area (Å²) < 4.78 is 26.6. The first-order chi connectivity index (χ1) is 8.37. The predicted octanol–water partition coefficient (Wildman–Crippen LogP) is 1.76. The van der Waals surface area contributed by atoms with Crippen molar-refractivity contribution in [1.82, 2.24) is 4.72 Å². The van der Waals surface area contributed by atoms with E-state index in [9.17, 15) is 8.42 Å². The van der Waals surface area contributed by atoms with Gasteiger partial charge >= 0.3 is 0 Å². The van der Waals surface area contributed by atoms with Gasteiger partial charge in [0.1, 0.15) is 0 Å². The van der Waals surface area contributed by atoms with Gasteiger partial charge in [0.2, 0.25) is 10.0 Å². The molecule has 1 aromatic carbocycles. The lowest BCUT2D eigenvalue weighted by molar-refractivity contribution is 0.242. The van der Waals surface area contributed by atoms with E-state index in [2.05, 4.69) is 4.72 Å². The zero-order valence-electron chi connectivity index (χ0n) is 10.9. The Balaban J connectivity index is 2.63. The standard InChI is InChI=1S/C13H21NO3S/c1-13(2,9-6-10-15)11-14-18(16,17)12-7-4-3-5-8-12/h3-5,7-8,14-15H,6,9-11H2,1-2H3. The first kappa shape index (κ1) is 15.1. The maximum Gasteiger partial charge on any atom is 0.240 e. The predicted molar refractivity (Wildman–Crippen MR) is 71.7 cm³/mol. The number of nitrogens with one attached hydrogen (secondary N) is 1. The average Bonchev–Trinajstić information content (AvgIpc) is 2.36. The second-order valence-electron chi connectivity index (χ2n) is 5.13. The second kappa shape index (κ2) is 6.31. The van der Waals surface area contributed by atoms with Crippen molar-refractivity contribution in [2.45, 2.75) is 31.6 Å². The normalized spacial score (nSPS) is 12.6. The van der Waals surface area contributed by atoms with Crippen LogP contribution >= 0.6 is 0 Å².